The number of carbonyl (C=O) groups excluding carboxylic acids is 1. The second-order valence-electron chi connectivity index (χ2n) is 6.27. The standard InChI is InChI=1S/C16H23NO4/c1-15(2,3)21-14(19)10-17-16(11-18)8-9-20-13-7-5-4-6-12(13)16/h4-7,17-18H,8-11H2,1-3H3/t16-/m1/s1. The molecule has 2 N–H and O–H groups in total. The van der Waals surface area contributed by atoms with Crippen molar-refractivity contribution < 1.29 is 19.4 Å². The van der Waals surface area contributed by atoms with E-state index in [-0.39, 0.29) is 19.1 Å². The summed E-state index contributed by atoms with van der Waals surface area (Å²) in [5, 5.41) is 13.0. The number of carbonyl (C=O) groups is 1. The topological polar surface area (TPSA) is 67.8 Å². The van der Waals surface area contributed by atoms with E-state index in [1.54, 1.807) is 0 Å². The zero-order valence-electron chi connectivity index (χ0n) is 12.8. The van der Waals surface area contributed by atoms with Gasteiger partial charge in [0.25, 0.3) is 0 Å². The second-order valence-corrected chi connectivity index (χ2v) is 6.27. The number of para-hydroxylation sites is 1. The Labute approximate surface area is 125 Å². The van der Waals surface area contributed by atoms with E-state index in [0.717, 1.165) is 11.3 Å². The van der Waals surface area contributed by atoms with E-state index in [0.29, 0.717) is 13.0 Å². The van der Waals surface area contributed by atoms with Crippen LogP contribution in [0.3, 0.4) is 0 Å². The summed E-state index contributed by atoms with van der Waals surface area (Å²) in [6.07, 6.45) is 0.601. The fourth-order valence-electron chi connectivity index (χ4n) is 2.48. The maximum atomic E-state index is 11.9. The number of benzene rings is 1. The number of nitrogens with one attached hydrogen (secondary N) is 1. The molecule has 0 aromatic heterocycles. The molecule has 0 fully saturated rings. The summed E-state index contributed by atoms with van der Waals surface area (Å²) in [5.74, 6) is 0.411. The first-order chi connectivity index (χ1) is 9.86. The van der Waals surface area contributed by atoms with Crippen molar-refractivity contribution in [3.63, 3.8) is 0 Å². The third-order valence-electron chi connectivity index (χ3n) is 3.45. The summed E-state index contributed by atoms with van der Waals surface area (Å²) >= 11 is 0. The van der Waals surface area contributed by atoms with Gasteiger partial charge >= 0.3 is 5.97 Å². The van der Waals surface area contributed by atoms with Crippen molar-refractivity contribution in [1.29, 1.82) is 0 Å². The van der Waals surface area contributed by atoms with Gasteiger partial charge in [-0.1, -0.05) is 18.2 Å². The zero-order chi connectivity index (χ0) is 15.5. The Bertz CT molecular complexity index is 509. The van der Waals surface area contributed by atoms with E-state index in [1.807, 2.05) is 45.0 Å². The number of aliphatic hydroxyl groups excluding tert-OH is 1. The van der Waals surface area contributed by atoms with Crippen LogP contribution < -0.4 is 10.1 Å². The Morgan fingerprint density at radius 2 is 2.14 bits per heavy atom. The maximum Gasteiger partial charge on any atom is 0.320 e. The van der Waals surface area contributed by atoms with Crippen LogP contribution in [0.4, 0.5) is 0 Å². The third-order valence-corrected chi connectivity index (χ3v) is 3.45. The Morgan fingerprint density at radius 1 is 1.43 bits per heavy atom. The Morgan fingerprint density at radius 3 is 2.81 bits per heavy atom. The monoisotopic (exact) mass is 293 g/mol. The molecule has 2 rings (SSSR count). The molecule has 0 amide bonds. The van der Waals surface area contributed by atoms with Crippen molar-refractivity contribution in [1.82, 2.24) is 5.32 Å². The van der Waals surface area contributed by atoms with Crippen molar-refractivity contribution in [2.24, 2.45) is 0 Å². The van der Waals surface area contributed by atoms with Crippen molar-refractivity contribution in [3.8, 4) is 5.75 Å². The molecule has 1 aromatic rings. The van der Waals surface area contributed by atoms with Crippen LogP contribution in [0.1, 0.15) is 32.8 Å². The minimum Gasteiger partial charge on any atom is -0.493 e. The molecular formula is C16H23NO4. The van der Waals surface area contributed by atoms with E-state index in [9.17, 15) is 9.90 Å². The van der Waals surface area contributed by atoms with Gasteiger partial charge in [0.1, 0.15) is 11.4 Å². The molecule has 116 valence electrons. The van der Waals surface area contributed by atoms with Crippen LogP contribution in [-0.4, -0.2) is 36.4 Å². The van der Waals surface area contributed by atoms with Crippen LogP contribution in [0.5, 0.6) is 5.75 Å². The van der Waals surface area contributed by atoms with E-state index in [1.165, 1.54) is 0 Å². The highest BCUT2D eigenvalue weighted by Crippen LogP contribution is 2.36. The maximum absolute atomic E-state index is 11.9. The minimum atomic E-state index is -0.661. The number of fused-ring (bicyclic) bond motifs is 1. The summed E-state index contributed by atoms with van der Waals surface area (Å²) in [7, 11) is 0. The number of hydrogen-bond acceptors (Lipinski definition) is 5. The van der Waals surface area contributed by atoms with Crippen molar-refractivity contribution in [3.05, 3.63) is 29.8 Å². The van der Waals surface area contributed by atoms with E-state index >= 15 is 0 Å². The molecule has 1 heterocycles. The molecule has 21 heavy (non-hydrogen) atoms. The highest BCUT2D eigenvalue weighted by molar-refractivity contribution is 5.72. The van der Waals surface area contributed by atoms with E-state index in [2.05, 4.69) is 5.32 Å². The van der Waals surface area contributed by atoms with Gasteiger partial charge in [0.05, 0.1) is 25.3 Å². The fourth-order valence-corrected chi connectivity index (χ4v) is 2.48. The van der Waals surface area contributed by atoms with Gasteiger partial charge in [-0.3, -0.25) is 10.1 Å². The molecule has 0 radical (unpaired) electrons. The lowest BCUT2D eigenvalue weighted by molar-refractivity contribution is -0.154. The molecule has 1 aliphatic heterocycles. The van der Waals surface area contributed by atoms with Crippen LogP contribution in [0.2, 0.25) is 0 Å². The van der Waals surface area contributed by atoms with Crippen molar-refractivity contribution in [2.75, 3.05) is 19.8 Å². The van der Waals surface area contributed by atoms with Gasteiger partial charge in [0.2, 0.25) is 0 Å². The average Bonchev–Trinajstić information content (AvgIpc) is 2.43. The number of rotatable bonds is 4. The summed E-state index contributed by atoms with van der Waals surface area (Å²) in [6, 6.07) is 7.56. The highest BCUT2D eigenvalue weighted by Gasteiger charge is 2.37. The van der Waals surface area contributed by atoms with Crippen LogP contribution in [0, 0.1) is 0 Å². The van der Waals surface area contributed by atoms with Crippen LogP contribution >= 0.6 is 0 Å². The second kappa shape index (κ2) is 6.03. The predicted molar refractivity (Wildman–Crippen MR) is 79.2 cm³/mol. The summed E-state index contributed by atoms with van der Waals surface area (Å²) < 4.78 is 10.9. The summed E-state index contributed by atoms with van der Waals surface area (Å²) in [5.41, 5.74) is -0.299. The Balaban J connectivity index is 2.11. The summed E-state index contributed by atoms with van der Waals surface area (Å²) in [4.78, 5) is 11.9. The molecule has 0 aliphatic carbocycles. The molecule has 0 spiro atoms. The van der Waals surface area contributed by atoms with E-state index < -0.39 is 11.1 Å². The number of aliphatic hydroxyl groups is 1. The molecule has 0 bridgehead atoms. The fraction of sp³-hybridized carbons (Fsp3) is 0.562. The average molecular weight is 293 g/mol. The Hall–Kier alpha value is -1.59. The van der Waals surface area contributed by atoms with E-state index in [4.69, 9.17) is 9.47 Å². The van der Waals surface area contributed by atoms with Gasteiger partial charge in [-0.25, -0.2) is 0 Å². The lowest BCUT2D eigenvalue weighted by atomic mass is 9.85. The predicted octanol–water partition coefficient (Wildman–Crippen LogP) is 1.59. The number of ether oxygens (including phenoxy) is 2. The first-order valence-electron chi connectivity index (χ1n) is 7.16. The molecule has 0 unspecified atom stereocenters. The number of esters is 1. The lowest BCUT2D eigenvalue weighted by Gasteiger charge is -2.38. The van der Waals surface area contributed by atoms with Crippen molar-refractivity contribution >= 4 is 5.97 Å². The van der Waals surface area contributed by atoms with Crippen LogP contribution in [0.25, 0.3) is 0 Å². The molecule has 0 saturated heterocycles. The third kappa shape index (κ3) is 3.74. The van der Waals surface area contributed by atoms with Crippen molar-refractivity contribution in [2.45, 2.75) is 38.3 Å². The van der Waals surface area contributed by atoms with Gasteiger partial charge in [0, 0.05) is 12.0 Å². The van der Waals surface area contributed by atoms with Crippen LogP contribution in [-0.2, 0) is 15.1 Å². The van der Waals surface area contributed by atoms with Gasteiger partial charge in [-0.15, -0.1) is 0 Å². The number of hydrogen-bond donors (Lipinski definition) is 2. The van der Waals surface area contributed by atoms with Gasteiger partial charge in [-0.2, -0.15) is 0 Å². The minimum absolute atomic E-state index is 0.0478. The Kier molecular flexibility index (Phi) is 4.54. The quantitative estimate of drug-likeness (QED) is 0.825. The highest BCUT2D eigenvalue weighted by atomic mass is 16.6. The zero-order valence-corrected chi connectivity index (χ0v) is 12.8. The molecule has 0 saturated carbocycles. The first kappa shape index (κ1) is 15.8. The molecule has 1 atom stereocenters. The smallest absolute Gasteiger partial charge is 0.320 e. The molecule has 5 nitrogen and oxygen atoms in total. The largest absolute Gasteiger partial charge is 0.493 e. The SMILES string of the molecule is CC(C)(C)OC(=O)CN[C@@]1(CO)CCOc2ccccc21. The summed E-state index contributed by atoms with van der Waals surface area (Å²) in [6.45, 7) is 5.94. The van der Waals surface area contributed by atoms with Crippen LogP contribution in [0.15, 0.2) is 24.3 Å². The normalized spacial score (nSPS) is 21.3. The van der Waals surface area contributed by atoms with Gasteiger partial charge in [-0.05, 0) is 26.8 Å². The molecule has 1 aromatic carbocycles. The first-order valence-corrected chi connectivity index (χ1v) is 7.16. The molecular weight excluding hydrogens is 270 g/mol. The molecule has 5 heteroatoms. The molecule has 1 aliphatic rings. The van der Waals surface area contributed by atoms with Gasteiger partial charge in [0.15, 0.2) is 0 Å². The van der Waals surface area contributed by atoms with Gasteiger partial charge < -0.3 is 14.6 Å². The lowest BCUT2D eigenvalue weighted by Crippen LogP contribution is -2.51.